The zero-order valence-electron chi connectivity index (χ0n) is 11.4. The minimum Gasteiger partial charge on any atom is -0.431 e. The van der Waals surface area contributed by atoms with E-state index in [4.69, 9.17) is 27.6 Å². The van der Waals surface area contributed by atoms with Gasteiger partial charge >= 0.3 is 0 Å². The lowest BCUT2D eigenvalue weighted by molar-refractivity contribution is 0.102. The van der Waals surface area contributed by atoms with E-state index in [2.05, 4.69) is 10.3 Å². The first-order valence-electron chi connectivity index (χ1n) is 6.28. The fourth-order valence-corrected chi connectivity index (χ4v) is 2.80. The Labute approximate surface area is 140 Å². The molecule has 4 nitrogen and oxygen atoms in total. The number of hydrogen-bond donors (Lipinski definition) is 1. The Kier molecular flexibility index (Phi) is 4.29. The maximum Gasteiger partial charge on any atom is 0.257 e. The Morgan fingerprint density at radius 1 is 1.23 bits per heavy atom. The first-order chi connectivity index (χ1) is 10.6. The Hall–Kier alpha value is -1.69. The predicted molar refractivity (Wildman–Crippen MR) is 90.2 cm³/mol. The normalized spacial score (nSPS) is 10.9. The van der Waals surface area contributed by atoms with Gasteiger partial charge in [-0.1, -0.05) is 35.0 Å². The molecule has 7 heteroatoms. The molecular formula is C15H10Cl2N2O2S. The molecule has 2 aromatic carbocycles. The highest BCUT2D eigenvalue weighted by molar-refractivity contribution is 7.98. The molecule has 3 aromatic rings. The van der Waals surface area contributed by atoms with Crippen molar-refractivity contribution < 1.29 is 9.21 Å². The van der Waals surface area contributed by atoms with Crippen LogP contribution in [0.15, 0.2) is 46.0 Å². The highest BCUT2D eigenvalue weighted by atomic mass is 35.5. The number of thioether (sulfide) groups is 1. The van der Waals surface area contributed by atoms with Gasteiger partial charge in [0.25, 0.3) is 11.1 Å². The summed E-state index contributed by atoms with van der Waals surface area (Å²) in [6, 6.07) is 10.00. The van der Waals surface area contributed by atoms with Gasteiger partial charge in [-0.15, -0.1) is 0 Å². The van der Waals surface area contributed by atoms with Crippen LogP contribution in [0.5, 0.6) is 0 Å². The van der Waals surface area contributed by atoms with E-state index >= 15 is 0 Å². The van der Waals surface area contributed by atoms with E-state index in [0.29, 0.717) is 37.6 Å². The SMILES string of the molecule is CSc1nc2cc(NC(=O)c3ccc(Cl)cc3Cl)ccc2o1. The number of nitrogens with one attached hydrogen (secondary N) is 1. The fraction of sp³-hybridized carbons (Fsp3) is 0.0667. The molecule has 0 atom stereocenters. The molecule has 0 aliphatic carbocycles. The third kappa shape index (κ3) is 3.06. The summed E-state index contributed by atoms with van der Waals surface area (Å²) >= 11 is 13.3. The molecule has 0 spiro atoms. The molecule has 0 aliphatic rings. The number of anilines is 1. The van der Waals surface area contributed by atoms with Crippen LogP contribution in [-0.4, -0.2) is 17.1 Å². The Bertz CT molecular complexity index is 864. The molecule has 1 N–H and O–H groups in total. The summed E-state index contributed by atoms with van der Waals surface area (Å²) in [5, 5.41) is 4.15. The van der Waals surface area contributed by atoms with Crippen molar-refractivity contribution in [1.82, 2.24) is 4.98 Å². The molecule has 22 heavy (non-hydrogen) atoms. The van der Waals surface area contributed by atoms with Gasteiger partial charge in [-0.25, -0.2) is 4.98 Å². The monoisotopic (exact) mass is 352 g/mol. The van der Waals surface area contributed by atoms with Crippen LogP contribution in [-0.2, 0) is 0 Å². The number of carbonyl (C=O) groups excluding carboxylic acids is 1. The lowest BCUT2D eigenvalue weighted by Crippen LogP contribution is -2.12. The van der Waals surface area contributed by atoms with Crippen LogP contribution >= 0.6 is 35.0 Å². The van der Waals surface area contributed by atoms with Crippen molar-refractivity contribution in [2.24, 2.45) is 0 Å². The van der Waals surface area contributed by atoms with Crippen molar-refractivity contribution in [2.45, 2.75) is 5.22 Å². The van der Waals surface area contributed by atoms with E-state index in [1.807, 2.05) is 6.26 Å². The third-order valence-corrected chi connectivity index (χ3v) is 4.05. The van der Waals surface area contributed by atoms with Crippen LogP contribution in [0.1, 0.15) is 10.4 Å². The Balaban J connectivity index is 1.87. The van der Waals surface area contributed by atoms with Gasteiger partial charge in [-0.05, 0) is 42.7 Å². The minimum absolute atomic E-state index is 0.303. The highest BCUT2D eigenvalue weighted by Crippen LogP contribution is 2.25. The second kappa shape index (κ2) is 6.20. The highest BCUT2D eigenvalue weighted by Gasteiger charge is 2.12. The van der Waals surface area contributed by atoms with Crippen molar-refractivity contribution in [2.75, 3.05) is 11.6 Å². The van der Waals surface area contributed by atoms with Crippen LogP contribution in [0.2, 0.25) is 10.0 Å². The van der Waals surface area contributed by atoms with Crippen molar-refractivity contribution in [3.8, 4) is 0 Å². The number of nitrogens with zero attached hydrogens (tertiary/aromatic N) is 1. The van der Waals surface area contributed by atoms with Crippen LogP contribution in [0.3, 0.4) is 0 Å². The Morgan fingerprint density at radius 2 is 2.05 bits per heavy atom. The number of amides is 1. The third-order valence-electron chi connectivity index (χ3n) is 2.98. The molecule has 0 unspecified atom stereocenters. The zero-order valence-corrected chi connectivity index (χ0v) is 13.7. The van der Waals surface area contributed by atoms with Gasteiger partial charge in [0, 0.05) is 10.7 Å². The largest absolute Gasteiger partial charge is 0.431 e. The van der Waals surface area contributed by atoms with Crippen molar-refractivity contribution >= 4 is 57.7 Å². The van der Waals surface area contributed by atoms with E-state index in [1.54, 1.807) is 30.3 Å². The number of benzene rings is 2. The zero-order chi connectivity index (χ0) is 15.7. The topological polar surface area (TPSA) is 55.1 Å². The first-order valence-corrected chi connectivity index (χ1v) is 8.26. The minimum atomic E-state index is -0.311. The Morgan fingerprint density at radius 3 is 2.77 bits per heavy atom. The number of rotatable bonds is 3. The van der Waals surface area contributed by atoms with Crippen LogP contribution < -0.4 is 5.32 Å². The first kappa shape index (κ1) is 15.2. The van der Waals surface area contributed by atoms with Gasteiger partial charge in [0.05, 0.1) is 10.6 Å². The van der Waals surface area contributed by atoms with Crippen molar-refractivity contribution in [3.63, 3.8) is 0 Å². The summed E-state index contributed by atoms with van der Waals surface area (Å²) in [6.45, 7) is 0. The van der Waals surface area contributed by atoms with E-state index in [-0.39, 0.29) is 5.91 Å². The average Bonchev–Trinajstić information content (AvgIpc) is 2.89. The molecule has 1 aromatic heterocycles. The smallest absolute Gasteiger partial charge is 0.257 e. The number of hydrogen-bond acceptors (Lipinski definition) is 4. The number of oxazole rings is 1. The van der Waals surface area contributed by atoms with Gasteiger partial charge in [0.1, 0.15) is 5.52 Å². The second-order valence-corrected chi connectivity index (χ2v) is 6.05. The molecule has 0 fully saturated rings. The molecule has 112 valence electrons. The van der Waals surface area contributed by atoms with E-state index in [9.17, 15) is 4.79 Å². The van der Waals surface area contributed by atoms with E-state index in [0.717, 1.165) is 0 Å². The lowest BCUT2D eigenvalue weighted by atomic mass is 10.2. The summed E-state index contributed by atoms with van der Waals surface area (Å²) < 4.78 is 5.50. The van der Waals surface area contributed by atoms with Gasteiger partial charge in [0.2, 0.25) is 0 Å². The quantitative estimate of drug-likeness (QED) is 0.665. The predicted octanol–water partition coefficient (Wildman–Crippen LogP) is 5.11. The summed E-state index contributed by atoms with van der Waals surface area (Å²) in [5.74, 6) is -0.311. The molecule has 1 heterocycles. The van der Waals surface area contributed by atoms with E-state index < -0.39 is 0 Å². The van der Waals surface area contributed by atoms with E-state index in [1.165, 1.54) is 17.8 Å². The molecule has 3 rings (SSSR count). The molecular weight excluding hydrogens is 343 g/mol. The average molecular weight is 353 g/mol. The van der Waals surface area contributed by atoms with Gasteiger partial charge in [-0.3, -0.25) is 4.79 Å². The molecule has 0 saturated carbocycles. The van der Waals surface area contributed by atoms with Crippen molar-refractivity contribution in [1.29, 1.82) is 0 Å². The fourth-order valence-electron chi connectivity index (χ4n) is 1.94. The molecule has 0 bridgehead atoms. The maximum absolute atomic E-state index is 12.3. The number of halogens is 2. The van der Waals surface area contributed by atoms with Crippen LogP contribution in [0.25, 0.3) is 11.1 Å². The molecule has 0 aliphatic heterocycles. The molecule has 0 saturated heterocycles. The standard InChI is InChI=1S/C15H10Cl2N2O2S/c1-22-15-19-12-7-9(3-5-13(12)21-15)18-14(20)10-4-2-8(16)6-11(10)17/h2-7H,1H3,(H,18,20). The maximum atomic E-state index is 12.3. The van der Waals surface area contributed by atoms with Gasteiger partial charge in [-0.2, -0.15) is 0 Å². The summed E-state index contributed by atoms with van der Waals surface area (Å²) in [5.41, 5.74) is 2.33. The van der Waals surface area contributed by atoms with Gasteiger partial charge in [0.15, 0.2) is 5.58 Å². The second-order valence-electron chi connectivity index (χ2n) is 4.44. The number of carbonyl (C=O) groups is 1. The van der Waals surface area contributed by atoms with Gasteiger partial charge < -0.3 is 9.73 Å². The van der Waals surface area contributed by atoms with Crippen LogP contribution in [0, 0.1) is 0 Å². The van der Waals surface area contributed by atoms with Crippen LogP contribution in [0.4, 0.5) is 5.69 Å². The molecule has 0 radical (unpaired) electrons. The summed E-state index contributed by atoms with van der Waals surface area (Å²) in [4.78, 5) is 16.6. The van der Waals surface area contributed by atoms with Crippen molar-refractivity contribution in [3.05, 3.63) is 52.0 Å². The number of aromatic nitrogens is 1. The molecule has 1 amide bonds. The summed E-state index contributed by atoms with van der Waals surface area (Å²) in [7, 11) is 0. The number of fused-ring (bicyclic) bond motifs is 1. The lowest BCUT2D eigenvalue weighted by Gasteiger charge is -2.06. The summed E-state index contributed by atoms with van der Waals surface area (Å²) in [6.07, 6.45) is 1.88.